The molecule has 0 atom stereocenters. The van der Waals surface area contributed by atoms with Gasteiger partial charge in [-0.3, -0.25) is 9.59 Å². The zero-order valence-corrected chi connectivity index (χ0v) is 12.4. The van der Waals surface area contributed by atoms with Gasteiger partial charge in [-0.25, -0.2) is 0 Å². The first-order valence-corrected chi connectivity index (χ1v) is 7.83. The van der Waals surface area contributed by atoms with E-state index >= 15 is 0 Å². The molecule has 4 nitrogen and oxygen atoms in total. The quantitative estimate of drug-likeness (QED) is 0.943. The number of aryl methyl sites for hydroxylation is 1. The average molecular weight is 300 g/mol. The van der Waals surface area contributed by atoms with Crippen LogP contribution < -0.4 is 10.2 Å². The van der Waals surface area contributed by atoms with E-state index in [1.165, 1.54) is 16.9 Å². The highest BCUT2D eigenvalue weighted by Crippen LogP contribution is 2.26. The van der Waals surface area contributed by atoms with E-state index in [0.717, 1.165) is 12.1 Å². The lowest BCUT2D eigenvalue weighted by Crippen LogP contribution is -2.41. The van der Waals surface area contributed by atoms with Crippen molar-refractivity contribution in [2.24, 2.45) is 0 Å². The fourth-order valence-electron chi connectivity index (χ4n) is 2.52. The van der Waals surface area contributed by atoms with Crippen LogP contribution in [0.4, 0.5) is 5.69 Å². The number of fused-ring (bicyclic) bond motifs is 1. The van der Waals surface area contributed by atoms with Crippen LogP contribution in [0.25, 0.3) is 0 Å². The first-order chi connectivity index (χ1) is 10.3. The van der Waals surface area contributed by atoms with Crippen LogP contribution >= 0.6 is 11.3 Å². The molecule has 0 unspecified atom stereocenters. The van der Waals surface area contributed by atoms with Crippen LogP contribution in [0.5, 0.6) is 0 Å². The maximum Gasteiger partial charge on any atom is 0.261 e. The van der Waals surface area contributed by atoms with Crippen molar-refractivity contribution in [3.05, 3.63) is 52.2 Å². The van der Waals surface area contributed by atoms with Crippen LogP contribution in [0.1, 0.15) is 21.7 Å². The van der Waals surface area contributed by atoms with Gasteiger partial charge in [0.1, 0.15) is 0 Å². The third kappa shape index (κ3) is 2.97. The molecule has 1 aromatic carbocycles. The SMILES string of the molecule is O=C(NCCN1C(=O)CCc2ccccc21)c1cccs1. The van der Waals surface area contributed by atoms with Gasteiger partial charge in [0, 0.05) is 25.2 Å². The van der Waals surface area contributed by atoms with E-state index in [0.29, 0.717) is 24.4 Å². The predicted octanol–water partition coefficient (Wildman–Crippen LogP) is 2.46. The minimum Gasteiger partial charge on any atom is -0.350 e. The van der Waals surface area contributed by atoms with Gasteiger partial charge in [-0.15, -0.1) is 11.3 Å². The second kappa shape index (κ2) is 6.10. The number of hydrogen-bond donors (Lipinski definition) is 1. The minimum atomic E-state index is -0.0808. The zero-order chi connectivity index (χ0) is 14.7. The first-order valence-electron chi connectivity index (χ1n) is 6.95. The number of nitrogens with zero attached hydrogens (tertiary/aromatic N) is 1. The van der Waals surface area contributed by atoms with E-state index < -0.39 is 0 Å². The van der Waals surface area contributed by atoms with Crippen molar-refractivity contribution < 1.29 is 9.59 Å². The molecule has 1 aliphatic heterocycles. The highest BCUT2D eigenvalue weighted by Gasteiger charge is 2.23. The lowest BCUT2D eigenvalue weighted by molar-refractivity contribution is -0.118. The monoisotopic (exact) mass is 300 g/mol. The Morgan fingerprint density at radius 2 is 2.05 bits per heavy atom. The molecule has 0 fully saturated rings. The predicted molar refractivity (Wildman–Crippen MR) is 83.8 cm³/mol. The molecule has 3 rings (SSSR count). The van der Waals surface area contributed by atoms with Crippen LogP contribution in [-0.2, 0) is 11.2 Å². The molecule has 5 heteroatoms. The number of anilines is 1. The number of rotatable bonds is 4. The molecule has 21 heavy (non-hydrogen) atoms. The molecule has 2 aromatic rings. The van der Waals surface area contributed by atoms with Gasteiger partial charge >= 0.3 is 0 Å². The number of carbonyl (C=O) groups is 2. The maximum absolute atomic E-state index is 12.1. The summed E-state index contributed by atoms with van der Waals surface area (Å²) in [6, 6.07) is 11.6. The lowest BCUT2D eigenvalue weighted by Gasteiger charge is -2.29. The third-order valence-electron chi connectivity index (χ3n) is 3.56. The van der Waals surface area contributed by atoms with Gasteiger partial charge in [0.2, 0.25) is 5.91 Å². The molecule has 0 saturated heterocycles. The number of carbonyl (C=O) groups excluding carboxylic acids is 2. The maximum atomic E-state index is 12.1. The summed E-state index contributed by atoms with van der Waals surface area (Å²) in [5.41, 5.74) is 2.17. The molecular formula is C16H16N2O2S. The Morgan fingerprint density at radius 3 is 2.86 bits per heavy atom. The molecule has 1 N–H and O–H groups in total. The highest BCUT2D eigenvalue weighted by molar-refractivity contribution is 7.12. The van der Waals surface area contributed by atoms with Crippen molar-refractivity contribution in [1.29, 1.82) is 0 Å². The van der Waals surface area contributed by atoms with Crippen LogP contribution in [0, 0.1) is 0 Å². The standard InChI is InChI=1S/C16H16N2O2S/c19-15-8-7-12-4-1-2-5-13(12)18(15)10-9-17-16(20)14-6-3-11-21-14/h1-6,11H,7-10H2,(H,17,20). The summed E-state index contributed by atoms with van der Waals surface area (Å²) in [5, 5.41) is 4.74. The zero-order valence-electron chi connectivity index (χ0n) is 11.5. The Morgan fingerprint density at radius 1 is 1.19 bits per heavy atom. The molecule has 2 heterocycles. The van der Waals surface area contributed by atoms with E-state index in [1.54, 1.807) is 11.0 Å². The summed E-state index contributed by atoms with van der Waals surface area (Å²) in [4.78, 5) is 26.4. The van der Waals surface area contributed by atoms with Crippen molar-refractivity contribution in [3.8, 4) is 0 Å². The second-order valence-electron chi connectivity index (χ2n) is 4.91. The van der Waals surface area contributed by atoms with Crippen LogP contribution in [0.2, 0.25) is 0 Å². The first kappa shape index (κ1) is 13.8. The van der Waals surface area contributed by atoms with Crippen molar-refractivity contribution in [2.45, 2.75) is 12.8 Å². The topological polar surface area (TPSA) is 49.4 Å². The number of para-hydroxylation sites is 1. The number of hydrogen-bond acceptors (Lipinski definition) is 3. The molecule has 2 amide bonds. The van der Waals surface area contributed by atoms with Crippen LogP contribution in [-0.4, -0.2) is 24.9 Å². The van der Waals surface area contributed by atoms with E-state index in [2.05, 4.69) is 11.4 Å². The number of benzene rings is 1. The Bertz CT molecular complexity index is 652. The Hall–Kier alpha value is -2.14. The molecule has 1 aliphatic rings. The Balaban J connectivity index is 1.63. The summed E-state index contributed by atoms with van der Waals surface area (Å²) < 4.78 is 0. The fraction of sp³-hybridized carbons (Fsp3) is 0.250. The van der Waals surface area contributed by atoms with Gasteiger partial charge in [-0.2, -0.15) is 0 Å². The van der Waals surface area contributed by atoms with Gasteiger partial charge in [0.25, 0.3) is 5.91 Å². The molecule has 0 radical (unpaired) electrons. The van der Waals surface area contributed by atoms with Crippen LogP contribution in [0.15, 0.2) is 41.8 Å². The van der Waals surface area contributed by atoms with E-state index in [1.807, 2.05) is 29.6 Å². The molecule has 0 spiro atoms. The summed E-state index contributed by atoms with van der Waals surface area (Å²) in [6.45, 7) is 0.962. The summed E-state index contributed by atoms with van der Waals surface area (Å²) in [6.07, 6.45) is 1.34. The van der Waals surface area contributed by atoms with Crippen molar-refractivity contribution in [2.75, 3.05) is 18.0 Å². The summed E-state index contributed by atoms with van der Waals surface area (Å²) >= 11 is 1.41. The van der Waals surface area contributed by atoms with E-state index in [4.69, 9.17) is 0 Å². The Labute approximate surface area is 127 Å². The largest absolute Gasteiger partial charge is 0.350 e. The molecule has 1 aromatic heterocycles. The number of amides is 2. The van der Waals surface area contributed by atoms with Gasteiger partial charge < -0.3 is 10.2 Å². The second-order valence-corrected chi connectivity index (χ2v) is 5.85. The molecule has 0 aliphatic carbocycles. The van der Waals surface area contributed by atoms with Crippen molar-refractivity contribution in [1.82, 2.24) is 5.32 Å². The van der Waals surface area contributed by atoms with E-state index in [-0.39, 0.29) is 11.8 Å². The lowest BCUT2D eigenvalue weighted by atomic mass is 10.0. The van der Waals surface area contributed by atoms with Gasteiger partial charge in [-0.1, -0.05) is 24.3 Å². The van der Waals surface area contributed by atoms with Crippen LogP contribution in [0.3, 0.4) is 0 Å². The summed E-state index contributed by atoms with van der Waals surface area (Å²) in [7, 11) is 0. The van der Waals surface area contributed by atoms with E-state index in [9.17, 15) is 9.59 Å². The highest BCUT2D eigenvalue weighted by atomic mass is 32.1. The third-order valence-corrected chi connectivity index (χ3v) is 4.43. The average Bonchev–Trinajstić information content (AvgIpc) is 3.04. The minimum absolute atomic E-state index is 0.0808. The molecule has 108 valence electrons. The molecule has 0 bridgehead atoms. The number of nitrogens with one attached hydrogen (secondary N) is 1. The smallest absolute Gasteiger partial charge is 0.261 e. The fourth-order valence-corrected chi connectivity index (χ4v) is 3.16. The van der Waals surface area contributed by atoms with Crippen molar-refractivity contribution >= 4 is 28.8 Å². The van der Waals surface area contributed by atoms with Crippen molar-refractivity contribution in [3.63, 3.8) is 0 Å². The van der Waals surface area contributed by atoms with Gasteiger partial charge in [-0.05, 0) is 29.5 Å². The summed E-state index contributed by atoms with van der Waals surface area (Å²) in [5.74, 6) is 0.0433. The Kier molecular flexibility index (Phi) is 4.01. The van der Waals surface area contributed by atoms with Gasteiger partial charge in [0.05, 0.1) is 4.88 Å². The molecule has 0 saturated carbocycles. The molecular weight excluding hydrogens is 284 g/mol. The normalized spacial score (nSPS) is 13.9. The van der Waals surface area contributed by atoms with Gasteiger partial charge in [0.15, 0.2) is 0 Å². The number of thiophene rings is 1.